The van der Waals surface area contributed by atoms with Crippen LogP contribution in [0, 0.1) is 0 Å². The molecule has 6 nitrogen and oxygen atoms in total. The Labute approximate surface area is 200 Å². The molecular formula is C23H30Cl2N4O2S. The molecule has 9 heteroatoms. The maximum absolute atomic E-state index is 13.0. The van der Waals surface area contributed by atoms with E-state index in [-0.39, 0.29) is 10.9 Å². The lowest BCUT2D eigenvalue weighted by Crippen LogP contribution is -2.32. The lowest BCUT2D eigenvalue weighted by molar-refractivity contribution is 0.544. The number of benzene rings is 2. The molecule has 0 aliphatic rings. The first-order chi connectivity index (χ1) is 15.2. The highest BCUT2D eigenvalue weighted by Gasteiger charge is 2.22. The molecule has 0 fully saturated rings. The third-order valence-corrected chi connectivity index (χ3v) is 7.82. The molecule has 1 N–H and O–H groups in total. The second-order valence-electron chi connectivity index (χ2n) is 7.84. The van der Waals surface area contributed by atoms with Crippen molar-refractivity contribution in [2.24, 2.45) is 0 Å². The zero-order valence-electron chi connectivity index (χ0n) is 18.9. The lowest BCUT2D eigenvalue weighted by atomic mass is 10.2. The minimum absolute atomic E-state index is 0.131. The summed E-state index contributed by atoms with van der Waals surface area (Å²) >= 11 is 12.8. The van der Waals surface area contributed by atoms with Crippen molar-refractivity contribution in [1.29, 1.82) is 0 Å². The Balaban J connectivity index is 2.12. The van der Waals surface area contributed by atoms with Crippen molar-refractivity contribution < 1.29 is 8.42 Å². The van der Waals surface area contributed by atoms with Crippen LogP contribution in [0.25, 0.3) is 10.9 Å². The zero-order valence-corrected chi connectivity index (χ0v) is 21.2. The summed E-state index contributed by atoms with van der Waals surface area (Å²) < 4.78 is 30.6. The van der Waals surface area contributed by atoms with Gasteiger partial charge in [0.25, 0.3) is 0 Å². The Hall–Kier alpha value is -1.80. The van der Waals surface area contributed by atoms with Crippen LogP contribution in [-0.2, 0) is 16.6 Å². The van der Waals surface area contributed by atoms with Crippen LogP contribution in [0.4, 0.5) is 5.82 Å². The van der Waals surface area contributed by atoms with E-state index in [0.717, 1.165) is 48.2 Å². The fourth-order valence-corrected chi connectivity index (χ4v) is 5.66. The molecule has 32 heavy (non-hydrogen) atoms. The number of fused-ring (bicyclic) bond motifs is 1. The van der Waals surface area contributed by atoms with E-state index in [1.54, 1.807) is 36.4 Å². The highest BCUT2D eigenvalue weighted by Crippen LogP contribution is 2.31. The first-order valence-electron chi connectivity index (χ1n) is 10.9. The number of rotatable bonds is 10. The summed E-state index contributed by atoms with van der Waals surface area (Å²) in [6.45, 7) is 9.89. The van der Waals surface area contributed by atoms with Gasteiger partial charge >= 0.3 is 0 Å². The van der Waals surface area contributed by atoms with Gasteiger partial charge in [-0.05, 0) is 57.5 Å². The first kappa shape index (κ1) is 24.8. The molecule has 3 aromatic rings. The van der Waals surface area contributed by atoms with Crippen LogP contribution in [0.5, 0.6) is 0 Å². The number of halogens is 2. The molecule has 0 saturated heterocycles. The van der Waals surface area contributed by atoms with Crippen molar-refractivity contribution in [2.75, 3.05) is 18.0 Å². The summed E-state index contributed by atoms with van der Waals surface area (Å²) in [4.78, 5) is 2.34. The van der Waals surface area contributed by atoms with E-state index in [4.69, 9.17) is 28.3 Å². The molecule has 0 radical (unpaired) electrons. The third-order valence-electron chi connectivity index (χ3n) is 5.52. The monoisotopic (exact) mass is 496 g/mol. The van der Waals surface area contributed by atoms with E-state index in [1.807, 2.05) is 32.4 Å². The Morgan fingerprint density at radius 2 is 1.75 bits per heavy atom. The third kappa shape index (κ3) is 5.22. The molecule has 0 spiro atoms. The highest BCUT2D eigenvalue weighted by atomic mass is 35.5. The Bertz CT molecular complexity index is 1170. The average Bonchev–Trinajstić information content (AvgIpc) is 3.09. The molecular weight excluding hydrogens is 467 g/mol. The van der Waals surface area contributed by atoms with E-state index < -0.39 is 10.0 Å². The number of hydrogen-bond acceptors (Lipinski definition) is 4. The second-order valence-corrected chi connectivity index (χ2v) is 10.4. The van der Waals surface area contributed by atoms with Gasteiger partial charge in [-0.1, -0.05) is 42.6 Å². The Morgan fingerprint density at radius 1 is 1.09 bits per heavy atom. The molecule has 0 aliphatic heterocycles. The van der Waals surface area contributed by atoms with Crippen LogP contribution in [0.3, 0.4) is 0 Å². The number of nitrogens with one attached hydrogen (secondary N) is 1. The Kier molecular flexibility index (Phi) is 8.09. The normalized spacial score (nSPS) is 12.9. The minimum atomic E-state index is -3.64. The maximum Gasteiger partial charge on any atom is 0.240 e. The molecule has 0 saturated carbocycles. The van der Waals surface area contributed by atoms with Crippen LogP contribution in [0.2, 0.25) is 10.0 Å². The molecule has 1 atom stereocenters. The summed E-state index contributed by atoms with van der Waals surface area (Å²) in [5, 5.41) is 6.75. The number of nitrogens with zero attached hydrogens (tertiary/aromatic N) is 3. The zero-order chi connectivity index (χ0) is 23.5. The number of hydrogen-bond donors (Lipinski definition) is 1. The van der Waals surface area contributed by atoms with Gasteiger partial charge in [0.2, 0.25) is 10.0 Å². The van der Waals surface area contributed by atoms with E-state index in [9.17, 15) is 8.42 Å². The van der Waals surface area contributed by atoms with E-state index in [0.29, 0.717) is 16.6 Å². The van der Waals surface area contributed by atoms with Crippen molar-refractivity contribution in [3.63, 3.8) is 0 Å². The number of aromatic nitrogens is 2. The maximum atomic E-state index is 13.0. The summed E-state index contributed by atoms with van der Waals surface area (Å²) in [7, 11) is -3.64. The van der Waals surface area contributed by atoms with Gasteiger partial charge in [-0.25, -0.2) is 13.1 Å². The molecule has 1 heterocycles. The SMILES string of the molecule is CCCC(C)NS(=O)(=O)c1ccc2c(c1)c(N(CC)CC)nn2Cc1c(Cl)cccc1Cl. The van der Waals surface area contributed by atoms with Gasteiger partial charge in [0, 0.05) is 40.1 Å². The molecule has 0 amide bonds. The predicted molar refractivity (Wildman–Crippen MR) is 134 cm³/mol. The van der Waals surface area contributed by atoms with E-state index in [1.165, 1.54) is 0 Å². The van der Waals surface area contributed by atoms with Gasteiger partial charge in [0.15, 0.2) is 5.82 Å². The van der Waals surface area contributed by atoms with Crippen molar-refractivity contribution in [1.82, 2.24) is 14.5 Å². The van der Waals surface area contributed by atoms with Crippen LogP contribution in [-0.4, -0.2) is 37.3 Å². The largest absolute Gasteiger partial charge is 0.355 e. The van der Waals surface area contributed by atoms with Crippen molar-refractivity contribution in [3.8, 4) is 0 Å². The van der Waals surface area contributed by atoms with Gasteiger partial charge < -0.3 is 4.90 Å². The van der Waals surface area contributed by atoms with Crippen LogP contribution < -0.4 is 9.62 Å². The van der Waals surface area contributed by atoms with Crippen LogP contribution in [0.15, 0.2) is 41.3 Å². The highest BCUT2D eigenvalue weighted by molar-refractivity contribution is 7.89. The summed E-state index contributed by atoms with van der Waals surface area (Å²) in [5.74, 6) is 0.742. The minimum Gasteiger partial charge on any atom is -0.355 e. The predicted octanol–water partition coefficient (Wildman–Crippen LogP) is 5.70. The fraction of sp³-hybridized carbons (Fsp3) is 0.435. The fourth-order valence-electron chi connectivity index (χ4n) is 3.84. The van der Waals surface area contributed by atoms with Crippen molar-refractivity contribution >= 4 is 49.9 Å². The number of sulfonamides is 1. The Morgan fingerprint density at radius 3 is 2.34 bits per heavy atom. The van der Waals surface area contributed by atoms with Gasteiger partial charge in [-0.3, -0.25) is 4.68 Å². The first-order valence-corrected chi connectivity index (χ1v) is 13.2. The van der Waals surface area contributed by atoms with E-state index >= 15 is 0 Å². The lowest BCUT2D eigenvalue weighted by Gasteiger charge is -2.18. The molecule has 0 bridgehead atoms. The molecule has 174 valence electrons. The molecule has 0 aliphatic carbocycles. The van der Waals surface area contributed by atoms with Gasteiger partial charge in [-0.2, -0.15) is 5.10 Å². The molecule has 2 aromatic carbocycles. The molecule has 1 aromatic heterocycles. The van der Waals surface area contributed by atoms with Crippen LogP contribution in [0.1, 0.15) is 46.1 Å². The summed E-state index contributed by atoms with van der Waals surface area (Å²) in [5.41, 5.74) is 1.60. The molecule has 1 unspecified atom stereocenters. The van der Waals surface area contributed by atoms with Crippen LogP contribution >= 0.6 is 23.2 Å². The van der Waals surface area contributed by atoms with Crippen molar-refractivity contribution in [3.05, 3.63) is 52.0 Å². The number of anilines is 1. The smallest absolute Gasteiger partial charge is 0.240 e. The van der Waals surface area contributed by atoms with E-state index in [2.05, 4.69) is 9.62 Å². The summed E-state index contributed by atoms with van der Waals surface area (Å²) in [6.07, 6.45) is 1.69. The van der Waals surface area contributed by atoms with Gasteiger partial charge in [0.1, 0.15) is 0 Å². The second kappa shape index (κ2) is 10.4. The standard InChI is InChI=1S/C23H30Cl2N4O2S/c1-5-9-16(4)27-32(30,31)17-12-13-22-18(14-17)23(28(6-2)7-3)26-29(22)15-19-20(24)10-8-11-21(19)25/h8,10-14,16,27H,5-7,9,15H2,1-4H3. The average molecular weight is 497 g/mol. The quantitative estimate of drug-likeness (QED) is 0.390. The molecule has 3 rings (SSSR count). The van der Waals surface area contributed by atoms with Gasteiger partial charge in [-0.15, -0.1) is 0 Å². The summed E-state index contributed by atoms with van der Waals surface area (Å²) in [6, 6.07) is 10.4. The van der Waals surface area contributed by atoms with Crippen molar-refractivity contribution in [2.45, 2.75) is 58.0 Å². The van der Waals surface area contributed by atoms with Gasteiger partial charge in [0.05, 0.1) is 17.0 Å². The topological polar surface area (TPSA) is 67.2 Å².